The molecule has 0 saturated carbocycles. The highest BCUT2D eigenvalue weighted by Crippen LogP contribution is 2.33. The van der Waals surface area contributed by atoms with Gasteiger partial charge in [0.2, 0.25) is 10.0 Å². The Morgan fingerprint density at radius 3 is 2.31 bits per heavy atom. The number of carbonyl (C=O) groups is 1. The van der Waals surface area contributed by atoms with Crippen LogP contribution in [0.4, 0.5) is 5.13 Å². The predicted octanol–water partition coefficient (Wildman–Crippen LogP) is 3.92. The van der Waals surface area contributed by atoms with E-state index in [2.05, 4.69) is 13.0 Å². The molecule has 2 aromatic carbocycles. The van der Waals surface area contributed by atoms with Crippen molar-refractivity contribution in [1.82, 2.24) is 14.2 Å². The van der Waals surface area contributed by atoms with Crippen LogP contribution in [0.5, 0.6) is 0 Å². The summed E-state index contributed by atoms with van der Waals surface area (Å²) in [6.45, 7) is 9.58. The number of likely N-dealkylation sites (N-methyl/N-ethyl adjacent to an activating group) is 1. The molecule has 1 aromatic heterocycles. The Morgan fingerprint density at radius 1 is 1.06 bits per heavy atom. The number of aromatic nitrogens is 1. The number of ether oxygens (including phenoxy) is 1. The number of rotatable bonds is 7. The van der Waals surface area contributed by atoms with E-state index in [1.54, 1.807) is 17.0 Å². The number of hydrogen-bond acceptors (Lipinski definition) is 7. The molecule has 2 heterocycles. The van der Waals surface area contributed by atoms with Crippen LogP contribution in [0.25, 0.3) is 10.2 Å². The quantitative estimate of drug-likeness (QED) is 0.461. The number of fused-ring (bicyclic) bond motifs is 1. The van der Waals surface area contributed by atoms with Crippen molar-refractivity contribution >= 4 is 42.6 Å². The van der Waals surface area contributed by atoms with Crippen LogP contribution in [-0.2, 0) is 14.8 Å². The third-order valence-corrected chi connectivity index (χ3v) is 9.33. The smallest absolute Gasteiger partial charge is 0.260 e. The average molecular weight is 531 g/mol. The molecule has 1 fully saturated rings. The molecule has 0 unspecified atom stereocenters. The molecule has 1 aliphatic rings. The zero-order valence-corrected chi connectivity index (χ0v) is 23.3. The number of carbonyl (C=O) groups excluding carboxylic acids is 1. The molecule has 2 atom stereocenters. The van der Waals surface area contributed by atoms with Gasteiger partial charge < -0.3 is 9.64 Å². The third kappa shape index (κ3) is 5.47. The van der Waals surface area contributed by atoms with Crippen LogP contribution in [-0.4, -0.2) is 81.0 Å². The fraction of sp³-hybridized carbons (Fsp3) is 0.462. The van der Waals surface area contributed by atoms with Gasteiger partial charge in [-0.15, -0.1) is 0 Å². The normalized spacial score (nSPS) is 19.2. The van der Waals surface area contributed by atoms with Crippen molar-refractivity contribution in [1.29, 1.82) is 0 Å². The van der Waals surface area contributed by atoms with E-state index in [4.69, 9.17) is 9.72 Å². The number of amides is 1. The Kier molecular flexibility index (Phi) is 7.82. The van der Waals surface area contributed by atoms with E-state index in [1.807, 2.05) is 45.8 Å². The van der Waals surface area contributed by atoms with Crippen LogP contribution in [0.2, 0.25) is 0 Å². The highest BCUT2D eigenvalue weighted by Gasteiger charge is 2.32. The molecule has 8 nitrogen and oxygen atoms in total. The lowest BCUT2D eigenvalue weighted by Crippen LogP contribution is -2.48. The Morgan fingerprint density at radius 2 is 1.69 bits per heavy atom. The molecule has 0 bridgehead atoms. The number of thiazole rings is 1. The first kappa shape index (κ1) is 26.7. The van der Waals surface area contributed by atoms with Crippen molar-refractivity contribution in [3.63, 3.8) is 0 Å². The summed E-state index contributed by atoms with van der Waals surface area (Å²) in [5.74, 6) is -0.206. The highest BCUT2D eigenvalue weighted by molar-refractivity contribution is 7.89. The molecule has 0 spiro atoms. The average Bonchev–Trinajstić information content (AvgIpc) is 3.25. The topological polar surface area (TPSA) is 83.1 Å². The van der Waals surface area contributed by atoms with Crippen LogP contribution in [0.1, 0.15) is 35.3 Å². The summed E-state index contributed by atoms with van der Waals surface area (Å²) >= 11 is 1.49. The van der Waals surface area contributed by atoms with Crippen molar-refractivity contribution in [3.8, 4) is 0 Å². The molecule has 3 aromatic rings. The molecular formula is C26H34N4O4S2. The number of benzene rings is 2. The minimum absolute atomic E-state index is 0.170. The lowest BCUT2D eigenvalue weighted by Gasteiger charge is -2.34. The molecule has 36 heavy (non-hydrogen) atoms. The van der Waals surface area contributed by atoms with Crippen LogP contribution in [0.15, 0.2) is 41.3 Å². The fourth-order valence-corrected chi connectivity index (χ4v) is 6.96. The van der Waals surface area contributed by atoms with E-state index in [9.17, 15) is 13.2 Å². The van der Waals surface area contributed by atoms with Crippen molar-refractivity contribution in [2.24, 2.45) is 0 Å². The molecule has 194 valence electrons. The Bertz CT molecular complexity index is 1340. The molecule has 4 rings (SSSR count). The maximum absolute atomic E-state index is 13.6. The lowest BCUT2D eigenvalue weighted by molar-refractivity contribution is -0.0440. The van der Waals surface area contributed by atoms with Crippen LogP contribution in [0, 0.1) is 13.8 Å². The Balaban J connectivity index is 1.63. The summed E-state index contributed by atoms with van der Waals surface area (Å²) in [4.78, 5) is 22.3. The zero-order valence-electron chi connectivity index (χ0n) is 21.7. The second kappa shape index (κ2) is 10.5. The second-order valence-electron chi connectivity index (χ2n) is 9.71. The number of sulfonamides is 1. The van der Waals surface area contributed by atoms with Gasteiger partial charge in [0.15, 0.2) is 5.13 Å². The van der Waals surface area contributed by atoms with Crippen molar-refractivity contribution < 1.29 is 17.9 Å². The van der Waals surface area contributed by atoms with Crippen molar-refractivity contribution in [2.45, 2.75) is 44.8 Å². The van der Waals surface area contributed by atoms with Gasteiger partial charge in [0.1, 0.15) is 0 Å². The van der Waals surface area contributed by atoms with Gasteiger partial charge >= 0.3 is 0 Å². The largest absolute Gasteiger partial charge is 0.373 e. The van der Waals surface area contributed by atoms with Gasteiger partial charge in [0.05, 0.1) is 27.3 Å². The van der Waals surface area contributed by atoms with Crippen LogP contribution >= 0.6 is 11.3 Å². The van der Waals surface area contributed by atoms with Gasteiger partial charge in [-0.05, 0) is 83.2 Å². The van der Waals surface area contributed by atoms with E-state index in [0.29, 0.717) is 36.9 Å². The first-order chi connectivity index (χ1) is 17.0. The Hall–Kier alpha value is -2.37. The maximum Gasteiger partial charge on any atom is 0.260 e. The molecule has 1 amide bonds. The number of hydrogen-bond donors (Lipinski definition) is 0. The number of morpholine rings is 1. The second-order valence-corrected chi connectivity index (χ2v) is 12.7. The number of nitrogens with zero attached hydrogens (tertiary/aromatic N) is 4. The summed E-state index contributed by atoms with van der Waals surface area (Å²) in [7, 11) is 0.241. The SMILES string of the molecule is Cc1ccc2sc(N(CCN(C)C)C(=O)c3ccc(S(=O)(=O)N4C[C@@H](C)O[C@@H](C)C4)cc3)nc2c1C. The number of anilines is 1. The molecule has 0 N–H and O–H groups in total. The summed E-state index contributed by atoms with van der Waals surface area (Å²) in [6, 6.07) is 10.3. The lowest BCUT2D eigenvalue weighted by atomic mass is 10.1. The van der Waals surface area contributed by atoms with Crippen molar-refractivity contribution in [3.05, 3.63) is 53.1 Å². The minimum Gasteiger partial charge on any atom is -0.373 e. The van der Waals surface area contributed by atoms with Crippen LogP contribution < -0.4 is 4.90 Å². The Labute approximate surface area is 217 Å². The molecular weight excluding hydrogens is 496 g/mol. The third-order valence-electron chi connectivity index (χ3n) is 6.45. The summed E-state index contributed by atoms with van der Waals surface area (Å²) in [5.41, 5.74) is 3.60. The molecule has 10 heteroatoms. The summed E-state index contributed by atoms with van der Waals surface area (Å²) in [5, 5.41) is 0.638. The van der Waals surface area contributed by atoms with E-state index in [0.717, 1.165) is 21.3 Å². The first-order valence-corrected chi connectivity index (χ1v) is 14.3. The fourth-order valence-electron chi connectivity index (χ4n) is 4.32. The standard InChI is InChI=1S/C26H34N4O4S2/c1-17-7-12-23-24(20(17)4)27-26(35-23)30(14-13-28(5)6)25(31)21-8-10-22(11-9-21)36(32,33)29-15-18(2)34-19(3)16-29/h7-12,18-19H,13-16H2,1-6H3/t18-,19+. The minimum atomic E-state index is -3.68. The van der Waals surface area contributed by atoms with E-state index < -0.39 is 10.0 Å². The zero-order chi connectivity index (χ0) is 26.2. The number of aryl methyl sites for hydroxylation is 2. The maximum atomic E-state index is 13.6. The molecule has 0 radical (unpaired) electrons. The van der Waals surface area contributed by atoms with E-state index in [1.165, 1.54) is 27.8 Å². The predicted molar refractivity (Wildman–Crippen MR) is 145 cm³/mol. The molecule has 1 saturated heterocycles. The highest BCUT2D eigenvalue weighted by atomic mass is 32.2. The van der Waals surface area contributed by atoms with Gasteiger partial charge in [-0.25, -0.2) is 13.4 Å². The molecule has 1 aliphatic heterocycles. The van der Waals surface area contributed by atoms with Crippen molar-refractivity contribution in [2.75, 3.05) is 45.2 Å². The van der Waals surface area contributed by atoms with Gasteiger partial charge in [-0.1, -0.05) is 17.4 Å². The van der Waals surface area contributed by atoms with Gasteiger partial charge in [-0.3, -0.25) is 9.69 Å². The molecule has 0 aliphatic carbocycles. The monoisotopic (exact) mass is 530 g/mol. The van der Waals surface area contributed by atoms with E-state index >= 15 is 0 Å². The first-order valence-electron chi connectivity index (χ1n) is 12.1. The summed E-state index contributed by atoms with van der Waals surface area (Å²) in [6.07, 6.45) is -0.341. The summed E-state index contributed by atoms with van der Waals surface area (Å²) < 4.78 is 34.6. The van der Waals surface area contributed by atoms with Gasteiger partial charge in [0, 0.05) is 31.7 Å². The van der Waals surface area contributed by atoms with E-state index in [-0.39, 0.29) is 23.0 Å². The van der Waals surface area contributed by atoms with Gasteiger partial charge in [-0.2, -0.15) is 4.31 Å². The van der Waals surface area contributed by atoms with Gasteiger partial charge in [0.25, 0.3) is 5.91 Å². The van der Waals surface area contributed by atoms with Crippen LogP contribution in [0.3, 0.4) is 0 Å².